The molecule has 0 saturated carbocycles. The first-order valence-corrected chi connectivity index (χ1v) is 12.8. The standard InChI is InChI=1S/C26H27F4N9O3/c1-17(18-5-4-6-21(11-18)42-16-27)33-25(41)23-15-39(37-35-23)10-3-2-9-38-14-22(34-36-38)24(40)32-13-20-12-19(7-8-31-20)26(28,29)30/h4-8,11-12,14-15,17H,2-3,9-10,13,16H2,1H3,(H,32,40)(H,33,41). The molecule has 0 spiro atoms. The van der Waals surface area contributed by atoms with Crippen LogP contribution in [0.15, 0.2) is 55.0 Å². The summed E-state index contributed by atoms with van der Waals surface area (Å²) < 4.78 is 58.8. The average molecular weight is 590 g/mol. The van der Waals surface area contributed by atoms with Crippen LogP contribution in [0.5, 0.6) is 5.75 Å². The molecule has 16 heteroatoms. The predicted molar refractivity (Wildman–Crippen MR) is 139 cm³/mol. The first kappa shape index (κ1) is 30.1. The zero-order valence-corrected chi connectivity index (χ0v) is 22.4. The topological polar surface area (TPSA) is 142 Å². The number of halogens is 4. The van der Waals surface area contributed by atoms with Crippen LogP contribution in [0.2, 0.25) is 0 Å². The van der Waals surface area contributed by atoms with Crippen molar-refractivity contribution in [1.82, 2.24) is 45.6 Å². The summed E-state index contributed by atoms with van der Waals surface area (Å²) in [6.45, 7) is 1.56. The van der Waals surface area contributed by atoms with Gasteiger partial charge in [-0.3, -0.25) is 23.9 Å². The predicted octanol–water partition coefficient (Wildman–Crippen LogP) is 3.49. The van der Waals surface area contributed by atoms with E-state index in [9.17, 15) is 27.2 Å². The molecule has 0 bridgehead atoms. The number of aryl methyl sites for hydroxylation is 2. The maximum Gasteiger partial charge on any atom is 0.416 e. The lowest BCUT2D eigenvalue weighted by Crippen LogP contribution is -2.27. The largest absolute Gasteiger partial charge is 0.463 e. The van der Waals surface area contributed by atoms with Crippen molar-refractivity contribution in [2.75, 3.05) is 6.86 Å². The van der Waals surface area contributed by atoms with Crippen molar-refractivity contribution in [2.45, 2.75) is 51.6 Å². The SMILES string of the molecule is CC(NC(=O)c1cn(CCCCn2cc(C(=O)NCc3cc(C(F)(F)F)ccn3)nn2)nn1)c1cccc(OCF)c1. The lowest BCUT2D eigenvalue weighted by molar-refractivity contribution is -0.137. The lowest BCUT2D eigenvalue weighted by Gasteiger charge is -2.14. The van der Waals surface area contributed by atoms with Gasteiger partial charge in [-0.25, -0.2) is 4.39 Å². The zero-order valence-electron chi connectivity index (χ0n) is 22.4. The molecule has 0 aliphatic heterocycles. The van der Waals surface area contributed by atoms with E-state index in [1.54, 1.807) is 31.2 Å². The zero-order chi connectivity index (χ0) is 30.1. The Hall–Kier alpha value is -4.89. The monoisotopic (exact) mass is 589 g/mol. The van der Waals surface area contributed by atoms with Crippen molar-refractivity contribution in [2.24, 2.45) is 0 Å². The summed E-state index contributed by atoms with van der Waals surface area (Å²) in [4.78, 5) is 28.8. The number of hydrogen-bond acceptors (Lipinski definition) is 8. The van der Waals surface area contributed by atoms with Crippen molar-refractivity contribution in [3.63, 3.8) is 0 Å². The third-order valence-electron chi connectivity index (χ3n) is 6.07. The summed E-state index contributed by atoms with van der Waals surface area (Å²) in [6.07, 6.45) is 0.802. The van der Waals surface area contributed by atoms with E-state index in [0.29, 0.717) is 31.7 Å². The quantitative estimate of drug-likeness (QED) is 0.178. The Morgan fingerprint density at radius 1 is 0.976 bits per heavy atom. The summed E-state index contributed by atoms with van der Waals surface area (Å²) in [5, 5.41) is 20.9. The van der Waals surface area contributed by atoms with E-state index in [1.165, 1.54) is 21.8 Å². The minimum absolute atomic E-state index is 0.0183. The molecule has 1 atom stereocenters. The van der Waals surface area contributed by atoms with E-state index in [4.69, 9.17) is 4.74 Å². The molecule has 222 valence electrons. The van der Waals surface area contributed by atoms with E-state index in [1.807, 2.05) is 0 Å². The summed E-state index contributed by atoms with van der Waals surface area (Å²) in [7, 11) is 0. The number of rotatable bonds is 13. The van der Waals surface area contributed by atoms with Gasteiger partial charge >= 0.3 is 6.18 Å². The van der Waals surface area contributed by atoms with E-state index in [-0.39, 0.29) is 29.7 Å². The van der Waals surface area contributed by atoms with Gasteiger partial charge < -0.3 is 15.4 Å². The number of carbonyl (C=O) groups is 2. The summed E-state index contributed by atoms with van der Waals surface area (Å²) in [5.74, 6) is -0.647. The van der Waals surface area contributed by atoms with E-state index < -0.39 is 30.4 Å². The fourth-order valence-electron chi connectivity index (χ4n) is 3.87. The van der Waals surface area contributed by atoms with Crippen molar-refractivity contribution in [3.05, 3.63) is 83.2 Å². The van der Waals surface area contributed by atoms with Crippen LogP contribution >= 0.6 is 0 Å². The molecule has 3 heterocycles. The fraction of sp³-hybridized carbons (Fsp3) is 0.346. The van der Waals surface area contributed by atoms with Crippen LogP contribution in [-0.2, 0) is 25.8 Å². The maximum atomic E-state index is 12.8. The van der Waals surface area contributed by atoms with Crippen LogP contribution in [-0.4, -0.2) is 53.6 Å². The number of carbonyl (C=O) groups excluding carboxylic acids is 2. The molecule has 0 saturated heterocycles. The molecule has 42 heavy (non-hydrogen) atoms. The molecule has 0 radical (unpaired) electrons. The Morgan fingerprint density at radius 3 is 2.29 bits per heavy atom. The molecule has 2 amide bonds. The normalized spacial score (nSPS) is 12.1. The van der Waals surface area contributed by atoms with Crippen molar-refractivity contribution >= 4 is 11.8 Å². The molecule has 1 unspecified atom stereocenters. The number of benzene rings is 1. The van der Waals surface area contributed by atoms with Crippen LogP contribution in [0.4, 0.5) is 17.6 Å². The van der Waals surface area contributed by atoms with Crippen LogP contribution < -0.4 is 15.4 Å². The highest BCUT2D eigenvalue weighted by Crippen LogP contribution is 2.29. The van der Waals surface area contributed by atoms with E-state index in [2.05, 4.69) is 36.2 Å². The fourth-order valence-corrected chi connectivity index (χ4v) is 3.87. The second-order valence-electron chi connectivity index (χ2n) is 9.18. The minimum atomic E-state index is -4.50. The Balaban J connectivity index is 1.19. The van der Waals surface area contributed by atoms with Crippen molar-refractivity contribution in [1.29, 1.82) is 0 Å². The molecule has 1 aromatic carbocycles. The highest BCUT2D eigenvalue weighted by Gasteiger charge is 2.30. The van der Waals surface area contributed by atoms with Gasteiger partial charge in [0.25, 0.3) is 11.8 Å². The highest BCUT2D eigenvalue weighted by atomic mass is 19.4. The first-order chi connectivity index (χ1) is 20.1. The molecule has 4 aromatic rings. The van der Waals surface area contributed by atoms with Crippen LogP contribution in [0.1, 0.15) is 63.6 Å². The molecule has 2 N–H and O–H groups in total. The molecule has 0 aliphatic carbocycles. The number of ether oxygens (including phenoxy) is 1. The summed E-state index contributed by atoms with van der Waals surface area (Å²) in [6, 6.07) is 8.10. The Bertz CT molecular complexity index is 1510. The van der Waals surface area contributed by atoms with Crippen LogP contribution in [0, 0.1) is 0 Å². The number of unbranched alkanes of at least 4 members (excludes halogenated alkanes) is 1. The molecule has 0 aliphatic rings. The van der Waals surface area contributed by atoms with Gasteiger partial charge in [-0.15, -0.1) is 10.2 Å². The first-order valence-electron chi connectivity index (χ1n) is 12.8. The van der Waals surface area contributed by atoms with Gasteiger partial charge in [-0.2, -0.15) is 13.2 Å². The average Bonchev–Trinajstić information content (AvgIpc) is 3.64. The number of amides is 2. The smallest absolute Gasteiger partial charge is 0.416 e. The molecule has 3 aromatic heterocycles. The Kier molecular flexibility index (Phi) is 9.77. The summed E-state index contributed by atoms with van der Waals surface area (Å²) in [5.41, 5.74) is 0.110. The van der Waals surface area contributed by atoms with Gasteiger partial charge in [-0.05, 0) is 49.6 Å². The third-order valence-corrected chi connectivity index (χ3v) is 6.07. The number of hydrogen-bond donors (Lipinski definition) is 2. The maximum absolute atomic E-state index is 12.8. The molecule has 0 fully saturated rings. The Morgan fingerprint density at radius 2 is 1.64 bits per heavy atom. The Labute approximate surface area is 237 Å². The lowest BCUT2D eigenvalue weighted by atomic mass is 10.1. The van der Waals surface area contributed by atoms with Crippen molar-refractivity contribution in [3.8, 4) is 5.75 Å². The number of aromatic nitrogens is 7. The van der Waals surface area contributed by atoms with E-state index >= 15 is 0 Å². The van der Waals surface area contributed by atoms with Gasteiger partial charge in [0.05, 0.1) is 36.2 Å². The number of nitrogens with one attached hydrogen (secondary N) is 2. The van der Waals surface area contributed by atoms with E-state index in [0.717, 1.165) is 23.9 Å². The second kappa shape index (κ2) is 13.6. The molecular weight excluding hydrogens is 562 g/mol. The second-order valence-corrected chi connectivity index (χ2v) is 9.18. The van der Waals surface area contributed by atoms with Gasteiger partial charge in [0.15, 0.2) is 11.4 Å². The molecule has 4 rings (SSSR count). The van der Waals surface area contributed by atoms with Crippen LogP contribution in [0.25, 0.3) is 0 Å². The number of pyridine rings is 1. The number of nitrogens with zero attached hydrogens (tertiary/aromatic N) is 7. The minimum Gasteiger partial charge on any atom is -0.463 e. The van der Waals surface area contributed by atoms with Gasteiger partial charge in [0, 0.05) is 19.3 Å². The van der Waals surface area contributed by atoms with Crippen LogP contribution in [0.3, 0.4) is 0 Å². The molecule has 12 nitrogen and oxygen atoms in total. The third kappa shape index (κ3) is 8.31. The molecular formula is C26H27F4N9O3. The van der Waals surface area contributed by atoms with Gasteiger partial charge in [0.1, 0.15) is 5.75 Å². The van der Waals surface area contributed by atoms with Gasteiger partial charge in [-0.1, -0.05) is 22.6 Å². The van der Waals surface area contributed by atoms with Crippen molar-refractivity contribution < 1.29 is 31.9 Å². The highest BCUT2D eigenvalue weighted by molar-refractivity contribution is 5.92. The van der Waals surface area contributed by atoms with Gasteiger partial charge in [0.2, 0.25) is 6.86 Å². The summed E-state index contributed by atoms with van der Waals surface area (Å²) >= 11 is 0. The number of alkyl halides is 4.